The van der Waals surface area contributed by atoms with Crippen LogP contribution in [0.15, 0.2) is 55.0 Å². The van der Waals surface area contributed by atoms with Crippen molar-refractivity contribution in [2.45, 2.75) is 6.54 Å². The highest BCUT2D eigenvalue weighted by molar-refractivity contribution is 6.34. The zero-order valence-corrected chi connectivity index (χ0v) is 12.9. The minimum atomic E-state index is -0.247. The lowest BCUT2D eigenvalue weighted by molar-refractivity contribution is 0.103. The smallest absolute Gasteiger partial charge is 0.216 e. The number of hydrogen-bond acceptors (Lipinski definition) is 3. The largest absolute Gasteiger partial charge is 0.287 e. The second-order valence-corrected chi connectivity index (χ2v) is 5.56. The van der Waals surface area contributed by atoms with Crippen LogP contribution in [0.4, 0.5) is 0 Å². The maximum Gasteiger partial charge on any atom is 0.216 e. The number of carbonyl (C=O) groups excluding carboxylic acids is 1. The Balaban J connectivity index is 1.82. The average Bonchev–Trinajstić information content (AvgIpc) is 2.95. The summed E-state index contributed by atoms with van der Waals surface area (Å²) in [5, 5.41) is 5.32. The van der Waals surface area contributed by atoms with Gasteiger partial charge in [0.05, 0.1) is 17.1 Å². The molecule has 0 unspecified atom stereocenters. The molecule has 0 aliphatic heterocycles. The van der Waals surface area contributed by atoms with Crippen molar-refractivity contribution in [2.75, 3.05) is 0 Å². The normalized spacial score (nSPS) is 10.6. The van der Waals surface area contributed by atoms with E-state index >= 15 is 0 Å². The van der Waals surface area contributed by atoms with E-state index in [2.05, 4.69) is 10.1 Å². The maximum absolute atomic E-state index is 12.4. The third-order valence-electron chi connectivity index (χ3n) is 3.12. The van der Waals surface area contributed by atoms with Gasteiger partial charge in [0.25, 0.3) is 0 Å². The van der Waals surface area contributed by atoms with Crippen LogP contribution in [0.1, 0.15) is 21.6 Å². The minimum Gasteiger partial charge on any atom is -0.287 e. The number of nitrogens with zero attached hydrogens (tertiary/aromatic N) is 3. The number of benzene rings is 1. The van der Waals surface area contributed by atoms with Crippen molar-refractivity contribution in [3.63, 3.8) is 0 Å². The number of aromatic nitrogens is 3. The van der Waals surface area contributed by atoms with Gasteiger partial charge in [-0.05, 0) is 29.8 Å². The first-order valence-corrected chi connectivity index (χ1v) is 7.31. The molecule has 3 aromatic rings. The summed E-state index contributed by atoms with van der Waals surface area (Å²) in [5.41, 5.74) is 1.68. The van der Waals surface area contributed by atoms with Gasteiger partial charge in [0, 0.05) is 23.6 Å². The molecule has 0 aliphatic rings. The maximum atomic E-state index is 12.4. The van der Waals surface area contributed by atoms with E-state index in [9.17, 15) is 4.79 Å². The van der Waals surface area contributed by atoms with Gasteiger partial charge in [0.1, 0.15) is 5.69 Å². The number of ketones is 1. The van der Waals surface area contributed by atoms with Crippen LogP contribution < -0.4 is 0 Å². The molecular weight excluding hydrogens is 321 g/mol. The summed E-state index contributed by atoms with van der Waals surface area (Å²) in [7, 11) is 0. The van der Waals surface area contributed by atoms with Crippen molar-refractivity contribution in [1.82, 2.24) is 14.8 Å². The van der Waals surface area contributed by atoms with Crippen LogP contribution >= 0.6 is 23.2 Å². The molecule has 2 heterocycles. The van der Waals surface area contributed by atoms with Crippen LogP contribution in [0.2, 0.25) is 10.0 Å². The van der Waals surface area contributed by atoms with Crippen molar-refractivity contribution in [3.05, 3.63) is 81.9 Å². The number of carbonyl (C=O) groups is 1. The van der Waals surface area contributed by atoms with Gasteiger partial charge >= 0.3 is 0 Å². The molecule has 0 atom stereocenters. The molecule has 0 radical (unpaired) electrons. The fourth-order valence-corrected chi connectivity index (χ4v) is 2.48. The fourth-order valence-electron chi connectivity index (χ4n) is 2.08. The standard InChI is InChI=1S/C16H11Cl2N3O/c17-12-3-1-2-11(8-12)10-21-7-5-15(20-21)16(22)13-9-19-6-4-14(13)18/h1-9H,10H2. The van der Waals surface area contributed by atoms with Crippen molar-refractivity contribution in [1.29, 1.82) is 0 Å². The Morgan fingerprint density at radius 3 is 2.82 bits per heavy atom. The van der Waals surface area contributed by atoms with E-state index in [4.69, 9.17) is 23.2 Å². The van der Waals surface area contributed by atoms with E-state index in [0.29, 0.717) is 27.8 Å². The van der Waals surface area contributed by atoms with Crippen LogP contribution in [0.5, 0.6) is 0 Å². The van der Waals surface area contributed by atoms with Crippen molar-refractivity contribution in [3.8, 4) is 0 Å². The highest BCUT2D eigenvalue weighted by Gasteiger charge is 2.15. The second kappa shape index (κ2) is 6.30. The topological polar surface area (TPSA) is 47.8 Å². The van der Waals surface area contributed by atoms with Crippen molar-refractivity contribution < 1.29 is 4.79 Å². The molecule has 0 saturated heterocycles. The average molecular weight is 332 g/mol. The van der Waals surface area contributed by atoms with Crippen LogP contribution in [-0.2, 0) is 6.54 Å². The molecular formula is C16H11Cl2N3O. The Morgan fingerprint density at radius 1 is 1.18 bits per heavy atom. The predicted molar refractivity (Wildman–Crippen MR) is 85.5 cm³/mol. The minimum absolute atomic E-state index is 0.247. The number of rotatable bonds is 4. The Bertz CT molecular complexity index is 830. The predicted octanol–water partition coefficient (Wildman–Crippen LogP) is 3.86. The lowest BCUT2D eigenvalue weighted by atomic mass is 10.1. The molecule has 0 aliphatic carbocycles. The Hall–Kier alpha value is -2.17. The summed E-state index contributed by atoms with van der Waals surface area (Å²) < 4.78 is 1.68. The van der Waals surface area contributed by atoms with Gasteiger partial charge in [0.15, 0.2) is 0 Å². The van der Waals surface area contributed by atoms with E-state index in [1.54, 1.807) is 23.0 Å². The molecule has 0 N–H and O–H groups in total. The molecule has 0 bridgehead atoms. The molecule has 0 saturated carbocycles. The first-order valence-electron chi connectivity index (χ1n) is 6.55. The lowest BCUT2D eigenvalue weighted by Crippen LogP contribution is -2.06. The highest BCUT2D eigenvalue weighted by Crippen LogP contribution is 2.17. The van der Waals surface area contributed by atoms with Crippen LogP contribution in [0.3, 0.4) is 0 Å². The Labute approximate surface area is 137 Å². The van der Waals surface area contributed by atoms with E-state index in [0.717, 1.165) is 5.56 Å². The Morgan fingerprint density at radius 2 is 2.05 bits per heavy atom. The summed E-state index contributed by atoms with van der Waals surface area (Å²) in [6.07, 6.45) is 4.73. The third-order valence-corrected chi connectivity index (χ3v) is 3.68. The van der Waals surface area contributed by atoms with E-state index in [1.165, 1.54) is 12.4 Å². The van der Waals surface area contributed by atoms with Crippen molar-refractivity contribution in [2.24, 2.45) is 0 Å². The fraction of sp³-hybridized carbons (Fsp3) is 0.0625. The van der Waals surface area contributed by atoms with Crippen LogP contribution in [0.25, 0.3) is 0 Å². The van der Waals surface area contributed by atoms with E-state index < -0.39 is 0 Å². The summed E-state index contributed by atoms with van der Waals surface area (Å²) in [6.45, 7) is 0.536. The monoisotopic (exact) mass is 331 g/mol. The summed E-state index contributed by atoms with van der Waals surface area (Å²) >= 11 is 12.0. The van der Waals surface area contributed by atoms with Crippen molar-refractivity contribution >= 4 is 29.0 Å². The zero-order chi connectivity index (χ0) is 15.5. The molecule has 1 aromatic carbocycles. The van der Waals surface area contributed by atoms with Gasteiger partial charge in [0.2, 0.25) is 5.78 Å². The summed E-state index contributed by atoms with van der Waals surface area (Å²) in [6, 6.07) is 10.7. The summed E-state index contributed by atoms with van der Waals surface area (Å²) in [5.74, 6) is -0.247. The van der Waals surface area contributed by atoms with Gasteiger partial charge in [-0.15, -0.1) is 0 Å². The Kier molecular flexibility index (Phi) is 4.22. The first kappa shape index (κ1) is 14.8. The molecule has 0 fully saturated rings. The van der Waals surface area contributed by atoms with Crippen LogP contribution in [0, 0.1) is 0 Å². The third kappa shape index (κ3) is 3.18. The number of pyridine rings is 1. The number of halogens is 2. The first-order chi connectivity index (χ1) is 10.6. The highest BCUT2D eigenvalue weighted by atomic mass is 35.5. The molecule has 6 heteroatoms. The van der Waals surface area contributed by atoms with Gasteiger partial charge in [-0.1, -0.05) is 35.3 Å². The quantitative estimate of drug-likeness (QED) is 0.682. The number of hydrogen-bond donors (Lipinski definition) is 0. The van der Waals surface area contributed by atoms with Gasteiger partial charge in [-0.2, -0.15) is 5.10 Å². The van der Waals surface area contributed by atoms with Gasteiger partial charge in [-0.3, -0.25) is 14.5 Å². The van der Waals surface area contributed by atoms with Gasteiger partial charge in [-0.25, -0.2) is 0 Å². The molecule has 110 valence electrons. The van der Waals surface area contributed by atoms with E-state index in [-0.39, 0.29) is 5.78 Å². The van der Waals surface area contributed by atoms with E-state index in [1.807, 2.05) is 24.3 Å². The van der Waals surface area contributed by atoms with Gasteiger partial charge < -0.3 is 0 Å². The SMILES string of the molecule is O=C(c1ccn(Cc2cccc(Cl)c2)n1)c1cnccc1Cl. The second-order valence-electron chi connectivity index (χ2n) is 4.71. The molecule has 2 aromatic heterocycles. The molecule has 4 nitrogen and oxygen atoms in total. The molecule has 3 rings (SSSR count). The molecule has 0 amide bonds. The molecule has 0 spiro atoms. The van der Waals surface area contributed by atoms with Crippen LogP contribution in [-0.4, -0.2) is 20.5 Å². The zero-order valence-electron chi connectivity index (χ0n) is 11.4. The molecule has 22 heavy (non-hydrogen) atoms. The summed E-state index contributed by atoms with van der Waals surface area (Å²) in [4.78, 5) is 16.3. The lowest BCUT2D eigenvalue weighted by Gasteiger charge is -2.03.